The molecule has 0 radical (unpaired) electrons. The van der Waals surface area contributed by atoms with E-state index in [9.17, 15) is 29.7 Å². The lowest BCUT2D eigenvalue weighted by Gasteiger charge is -2.48. The van der Waals surface area contributed by atoms with Gasteiger partial charge in [-0.25, -0.2) is 0 Å². The van der Waals surface area contributed by atoms with Crippen molar-refractivity contribution >= 4 is 17.7 Å². The Morgan fingerprint density at radius 1 is 1.00 bits per heavy atom. The van der Waals surface area contributed by atoms with E-state index < -0.39 is 52.0 Å². The normalized spacial score (nSPS) is 37.9. The Labute approximate surface area is 250 Å². The molecule has 0 saturated heterocycles. The van der Waals surface area contributed by atoms with Gasteiger partial charge in [0, 0.05) is 30.6 Å². The summed E-state index contributed by atoms with van der Waals surface area (Å²) < 4.78 is 11.6. The highest BCUT2D eigenvalue weighted by molar-refractivity contribution is 5.96. The van der Waals surface area contributed by atoms with Gasteiger partial charge in [-0.2, -0.15) is 0 Å². The molecule has 0 aromatic rings. The molecule has 4 rings (SSSR count). The zero-order chi connectivity index (χ0) is 31.1. The Morgan fingerprint density at radius 2 is 1.60 bits per heavy atom. The number of esters is 2. The van der Waals surface area contributed by atoms with Gasteiger partial charge in [0.2, 0.25) is 0 Å². The Kier molecular flexibility index (Phi) is 9.52. The summed E-state index contributed by atoms with van der Waals surface area (Å²) in [4.78, 5) is 39.5. The van der Waals surface area contributed by atoms with E-state index in [1.165, 1.54) is 45.4 Å². The molecule has 8 atom stereocenters. The second kappa shape index (κ2) is 12.2. The van der Waals surface area contributed by atoms with E-state index in [0.29, 0.717) is 18.4 Å². The van der Waals surface area contributed by atoms with Crippen molar-refractivity contribution < 1.29 is 39.2 Å². The first-order valence-corrected chi connectivity index (χ1v) is 16.1. The summed E-state index contributed by atoms with van der Waals surface area (Å²) in [6.07, 6.45) is 11.0. The second-order valence-electron chi connectivity index (χ2n) is 14.0. The second-order valence-corrected chi connectivity index (χ2v) is 14.0. The number of aliphatic hydroxyl groups is 3. The minimum atomic E-state index is -2.25. The number of unbranched alkanes of at least 4 members (excludes halogenated alkanes) is 8. The van der Waals surface area contributed by atoms with E-state index in [-0.39, 0.29) is 29.9 Å². The molecule has 3 N–H and O–H groups in total. The lowest BCUT2D eigenvalue weighted by molar-refractivity contribution is -0.192. The molecule has 0 heterocycles. The smallest absolute Gasteiger partial charge is 0.306 e. The Hall–Kier alpha value is -2.03. The molecular formula is C34H52O8. The van der Waals surface area contributed by atoms with Gasteiger partial charge in [-0.05, 0) is 36.8 Å². The Bertz CT molecular complexity index is 1120. The minimum absolute atomic E-state index is 0.168. The van der Waals surface area contributed by atoms with E-state index in [2.05, 4.69) is 6.92 Å². The van der Waals surface area contributed by atoms with Crippen LogP contribution >= 0.6 is 0 Å². The highest BCUT2D eigenvalue weighted by Crippen LogP contribution is 2.75. The fourth-order valence-electron chi connectivity index (χ4n) is 8.74. The summed E-state index contributed by atoms with van der Waals surface area (Å²) >= 11 is 0. The van der Waals surface area contributed by atoms with Crippen LogP contribution in [0.4, 0.5) is 0 Å². The molecule has 8 nitrogen and oxygen atoms in total. The Morgan fingerprint density at radius 3 is 2.19 bits per heavy atom. The topological polar surface area (TPSA) is 130 Å². The van der Waals surface area contributed by atoms with E-state index >= 15 is 0 Å². The van der Waals surface area contributed by atoms with Crippen molar-refractivity contribution in [2.24, 2.45) is 28.6 Å². The number of aliphatic hydroxyl groups excluding tert-OH is 2. The van der Waals surface area contributed by atoms with Crippen LogP contribution in [0.5, 0.6) is 0 Å². The molecule has 8 heteroatoms. The molecule has 2 bridgehead atoms. The molecule has 236 valence electrons. The third-order valence-electron chi connectivity index (χ3n) is 11.1. The first kappa shape index (κ1) is 32.9. The first-order chi connectivity index (χ1) is 19.7. The third kappa shape index (κ3) is 5.09. The first-order valence-electron chi connectivity index (χ1n) is 16.1. The number of carbonyl (C=O) groups is 3. The van der Waals surface area contributed by atoms with Gasteiger partial charge in [-0.3, -0.25) is 14.4 Å². The van der Waals surface area contributed by atoms with E-state index in [0.717, 1.165) is 19.3 Å². The van der Waals surface area contributed by atoms with Crippen LogP contribution in [-0.2, 0) is 23.9 Å². The maximum Gasteiger partial charge on any atom is 0.306 e. The largest absolute Gasteiger partial charge is 0.461 e. The summed E-state index contributed by atoms with van der Waals surface area (Å²) in [5.41, 5.74) is -4.76. The van der Waals surface area contributed by atoms with Crippen LogP contribution in [0.25, 0.3) is 0 Å². The van der Waals surface area contributed by atoms with Crippen LogP contribution in [0.1, 0.15) is 112 Å². The highest BCUT2D eigenvalue weighted by Gasteiger charge is 2.83. The summed E-state index contributed by atoms with van der Waals surface area (Å²) in [5, 5.41) is 35.0. The molecule has 0 aromatic carbocycles. The molecule has 2 fully saturated rings. The van der Waals surface area contributed by atoms with Crippen LogP contribution in [0, 0.1) is 28.6 Å². The van der Waals surface area contributed by atoms with Gasteiger partial charge in [0.25, 0.3) is 0 Å². The van der Waals surface area contributed by atoms with Crippen LogP contribution in [-0.4, -0.2) is 63.1 Å². The molecule has 4 aliphatic rings. The summed E-state index contributed by atoms with van der Waals surface area (Å²) in [7, 11) is 0. The number of allylic oxidation sites excluding steroid dienone is 1. The molecule has 4 aliphatic carbocycles. The number of carbonyl (C=O) groups excluding carboxylic acids is 3. The van der Waals surface area contributed by atoms with E-state index in [1.807, 2.05) is 20.8 Å². The number of hydrogen-bond acceptors (Lipinski definition) is 8. The Balaban J connectivity index is 1.57. The minimum Gasteiger partial charge on any atom is -0.461 e. The van der Waals surface area contributed by atoms with Crippen molar-refractivity contribution in [2.75, 3.05) is 6.61 Å². The number of hydrogen-bond donors (Lipinski definition) is 3. The lowest BCUT2D eigenvalue weighted by atomic mass is 9.59. The predicted molar refractivity (Wildman–Crippen MR) is 158 cm³/mol. The van der Waals surface area contributed by atoms with Crippen LogP contribution in [0.15, 0.2) is 23.3 Å². The molecule has 42 heavy (non-hydrogen) atoms. The quantitative estimate of drug-likeness (QED) is 0.156. The summed E-state index contributed by atoms with van der Waals surface area (Å²) in [5.74, 6) is -2.92. The van der Waals surface area contributed by atoms with Crippen molar-refractivity contribution in [2.45, 2.75) is 136 Å². The maximum atomic E-state index is 14.6. The maximum absolute atomic E-state index is 14.6. The number of rotatable bonds is 13. The third-order valence-corrected chi connectivity index (χ3v) is 11.1. The molecule has 0 amide bonds. The average Bonchev–Trinajstić information content (AvgIpc) is 3.34. The number of fused-ring (bicyclic) bond motifs is 3. The van der Waals surface area contributed by atoms with Crippen LogP contribution in [0.3, 0.4) is 0 Å². The molecule has 0 aromatic heterocycles. The summed E-state index contributed by atoms with van der Waals surface area (Å²) in [6.45, 7) is 10.6. The molecular weight excluding hydrogens is 536 g/mol. The van der Waals surface area contributed by atoms with Crippen molar-refractivity contribution in [3.63, 3.8) is 0 Å². The number of ketones is 1. The van der Waals surface area contributed by atoms with Crippen molar-refractivity contribution in [1.82, 2.24) is 0 Å². The van der Waals surface area contributed by atoms with Gasteiger partial charge in [0.15, 0.2) is 5.78 Å². The number of ether oxygens (including phenoxy) is 2. The molecule has 1 spiro atoms. The molecule has 0 aliphatic heterocycles. The van der Waals surface area contributed by atoms with E-state index in [4.69, 9.17) is 9.47 Å². The van der Waals surface area contributed by atoms with Crippen LogP contribution < -0.4 is 0 Å². The molecule has 2 unspecified atom stereocenters. The monoisotopic (exact) mass is 588 g/mol. The van der Waals surface area contributed by atoms with Gasteiger partial charge < -0.3 is 24.8 Å². The fourth-order valence-corrected chi connectivity index (χ4v) is 8.74. The zero-order valence-electron chi connectivity index (χ0n) is 26.4. The molecule has 2 saturated carbocycles. The van der Waals surface area contributed by atoms with E-state index in [1.54, 1.807) is 19.1 Å². The van der Waals surface area contributed by atoms with Crippen LogP contribution in [0.2, 0.25) is 0 Å². The number of Topliss-reactive ketones (excluding diaryl/α,β-unsaturated/α-hetero) is 1. The van der Waals surface area contributed by atoms with Gasteiger partial charge in [0.05, 0.1) is 5.41 Å². The van der Waals surface area contributed by atoms with Crippen molar-refractivity contribution in [1.29, 1.82) is 0 Å². The summed E-state index contributed by atoms with van der Waals surface area (Å²) in [6, 6.07) is 0. The fraction of sp³-hybridized carbons (Fsp3) is 0.794. The van der Waals surface area contributed by atoms with Crippen molar-refractivity contribution in [3.8, 4) is 0 Å². The SMILES string of the molecule is CCCCCCCCCCCC(=O)O[C@@]12CC(C)C34C=C(C)[C@H](O)[C@@]3(O)[C@H](O)C(COC(C)=O)=C[C@H](C4=O)[C@@H]1C2(C)C. The lowest BCUT2D eigenvalue weighted by Crippen LogP contribution is -2.65. The van der Waals surface area contributed by atoms with Gasteiger partial charge >= 0.3 is 11.9 Å². The van der Waals surface area contributed by atoms with Gasteiger partial charge in [0.1, 0.15) is 30.0 Å². The highest BCUT2D eigenvalue weighted by atomic mass is 16.6. The average molecular weight is 589 g/mol. The zero-order valence-corrected chi connectivity index (χ0v) is 26.4. The predicted octanol–water partition coefficient (Wildman–Crippen LogP) is 4.97. The van der Waals surface area contributed by atoms with Gasteiger partial charge in [-0.1, -0.05) is 91.2 Å². The van der Waals surface area contributed by atoms with Crippen molar-refractivity contribution in [3.05, 3.63) is 23.3 Å². The standard InChI is InChI=1S/C34H52O8/c1-7-8-9-10-11-12-13-14-15-16-26(36)42-33-19-22(3)32-18-21(2)28(37)34(32,40)29(38)24(20-41-23(4)35)17-25(30(32)39)27(33)31(33,5)6/h17-18,22,25,27-29,37-38,40H,7-16,19-20H2,1-6H3/t22?,25-,27+,28-,29+,32?,33-,34+/m0/s1. The van der Waals surface area contributed by atoms with Gasteiger partial charge in [-0.15, -0.1) is 0 Å².